The largest absolute Gasteiger partial charge is 0.352 e. The Morgan fingerprint density at radius 1 is 0.875 bits per heavy atom. The number of rotatable bonds is 16. The summed E-state index contributed by atoms with van der Waals surface area (Å²) in [6, 6.07) is 13.2. The molecule has 0 heterocycles. The third-order valence-electron chi connectivity index (χ3n) is 5.72. The fourth-order valence-electron chi connectivity index (χ4n) is 3.58. The second kappa shape index (κ2) is 15.7. The topological polar surface area (TPSA) is 50.4 Å². The second-order valence-electron chi connectivity index (χ2n) is 8.44. The molecule has 0 aliphatic rings. The van der Waals surface area contributed by atoms with E-state index in [0.717, 1.165) is 29.8 Å². The Morgan fingerprint density at radius 2 is 1.50 bits per heavy atom. The maximum atomic E-state index is 12.3. The molecule has 32 heavy (non-hydrogen) atoms. The highest BCUT2D eigenvalue weighted by atomic mass is 35.5. The average Bonchev–Trinajstić information content (AvgIpc) is 2.80. The predicted molar refractivity (Wildman–Crippen MR) is 135 cm³/mol. The Bertz CT molecular complexity index is 793. The molecule has 0 radical (unpaired) electrons. The van der Waals surface area contributed by atoms with Gasteiger partial charge in [-0.05, 0) is 48.7 Å². The van der Waals surface area contributed by atoms with Crippen LogP contribution in [0, 0.1) is 6.92 Å². The van der Waals surface area contributed by atoms with Gasteiger partial charge in [0.2, 0.25) is 0 Å². The molecule has 0 saturated heterocycles. The van der Waals surface area contributed by atoms with Crippen molar-refractivity contribution >= 4 is 23.2 Å². The van der Waals surface area contributed by atoms with E-state index in [0.29, 0.717) is 17.2 Å². The first kappa shape index (κ1) is 26.2. The van der Waals surface area contributed by atoms with Crippen molar-refractivity contribution in [2.45, 2.75) is 84.7 Å². The summed E-state index contributed by atoms with van der Waals surface area (Å²) in [5, 5.41) is 3.73. The summed E-state index contributed by atoms with van der Waals surface area (Å²) in [5.41, 5.74) is 6.40. The fourth-order valence-corrected chi connectivity index (χ4v) is 3.76. The normalized spacial score (nSPS) is 10.8. The van der Waals surface area contributed by atoms with Gasteiger partial charge in [-0.15, -0.1) is 0 Å². The van der Waals surface area contributed by atoms with Crippen LogP contribution in [0.25, 0.3) is 0 Å². The van der Waals surface area contributed by atoms with Gasteiger partial charge in [0.25, 0.3) is 5.91 Å². The van der Waals surface area contributed by atoms with Crippen molar-refractivity contribution in [3.8, 4) is 0 Å². The highest BCUT2D eigenvalue weighted by molar-refractivity contribution is 6.31. The van der Waals surface area contributed by atoms with Crippen LogP contribution in [-0.2, 0) is 11.4 Å². The van der Waals surface area contributed by atoms with E-state index in [4.69, 9.17) is 16.4 Å². The molecule has 176 valence electrons. The molecule has 2 rings (SSSR count). The predicted octanol–water partition coefficient (Wildman–Crippen LogP) is 7.84. The molecule has 0 spiro atoms. The molecule has 0 fully saturated rings. The van der Waals surface area contributed by atoms with E-state index in [1.54, 1.807) is 0 Å². The summed E-state index contributed by atoms with van der Waals surface area (Å²) < 4.78 is 0. The van der Waals surface area contributed by atoms with Gasteiger partial charge in [0, 0.05) is 17.1 Å². The lowest BCUT2D eigenvalue weighted by molar-refractivity contribution is 0.0953. The molecule has 4 nitrogen and oxygen atoms in total. The Kier molecular flexibility index (Phi) is 12.9. The molecular formula is C27H39ClN2O2. The molecule has 0 aliphatic carbocycles. The molecule has 0 saturated carbocycles. The minimum absolute atomic E-state index is 0.0129. The molecule has 1 amide bonds. The maximum Gasteiger partial charge on any atom is 0.251 e. The van der Waals surface area contributed by atoms with E-state index in [2.05, 4.69) is 17.7 Å². The highest BCUT2D eigenvalue weighted by Crippen LogP contribution is 2.23. The van der Waals surface area contributed by atoms with Crippen LogP contribution in [0.1, 0.15) is 92.6 Å². The smallest absolute Gasteiger partial charge is 0.251 e. The molecule has 0 aromatic heterocycles. The molecule has 5 heteroatoms. The van der Waals surface area contributed by atoms with Crippen LogP contribution >= 0.6 is 11.6 Å². The molecule has 2 N–H and O–H groups in total. The van der Waals surface area contributed by atoms with Gasteiger partial charge >= 0.3 is 0 Å². The maximum absolute atomic E-state index is 12.3. The average molecular weight is 459 g/mol. The monoisotopic (exact) mass is 458 g/mol. The summed E-state index contributed by atoms with van der Waals surface area (Å²) in [4.78, 5) is 17.9. The van der Waals surface area contributed by atoms with Crippen molar-refractivity contribution < 1.29 is 9.63 Å². The zero-order valence-corrected chi connectivity index (χ0v) is 20.5. The van der Waals surface area contributed by atoms with Crippen molar-refractivity contribution in [3.05, 3.63) is 64.2 Å². The van der Waals surface area contributed by atoms with Crippen molar-refractivity contribution in [1.82, 2.24) is 5.32 Å². The Morgan fingerprint density at radius 3 is 2.16 bits per heavy atom. The van der Waals surface area contributed by atoms with Gasteiger partial charge in [-0.2, -0.15) is 0 Å². The number of carbonyl (C=O) groups excluding carboxylic acids is 1. The lowest BCUT2D eigenvalue weighted by Gasteiger charge is -2.11. The summed E-state index contributed by atoms with van der Waals surface area (Å²) in [6.45, 7) is 5.33. The van der Waals surface area contributed by atoms with Crippen LogP contribution in [0.2, 0.25) is 5.02 Å². The lowest BCUT2D eigenvalue weighted by atomic mass is 10.1. The van der Waals surface area contributed by atoms with Crippen LogP contribution in [0.15, 0.2) is 42.5 Å². The third kappa shape index (κ3) is 10.1. The van der Waals surface area contributed by atoms with Crippen LogP contribution in [0.5, 0.6) is 0 Å². The molecule has 2 aromatic carbocycles. The molecule has 0 bridgehead atoms. The first-order valence-corrected chi connectivity index (χ1v) is 12.5. The number of benzene rings is 2. The summed E-state index contributed by atoms with van der Waals surface area (Å²) >= 11 is 6.12. The quantitative estimate of drug-likeness (QED) is 0.199. The number of hydrogen-bond donors (Lipinski definition) is 2. The highest BCUT2D eigenvalue weighted by Gasteiger charge is 2.06. The standard InChI is InChI=1S/C27H39ClN2O2/c1-3-4-5-6-7-8-9-10-11-12-20-29-27(31)24-18-16-23(17-19-24)21-32-30-26-15-13-14-25(28)22(26)2/h13-19,30H,3-12,20-21H2,1-2H3,(H,29,31). The van der Waals surface area contributed by atoms with Crippen LogP contribution < -0.4 is 10.8 Å². The van der Waals surface area contributed by atoms with E-state index in [9.17, 15) is 4.79 Å². The van der Waals surface area contributed by atoms with Crippen molar-refractivity contribution in [3.63, 3.8) is 0 Å². The number of nitrogens with one attached hydrogen (secondary N) is 2. The van der Waals surface area contributed by atoms with Gasteiger partial charge in [-0.1, -0.05) is 94.5 Å². The number of unbranched alkanes of at least 4 members (excludes halogenated alkanes) is 9. The minimum atomic E-state index is -0.0129. The summed E-state index contributed by atoms with van der Waals surface area (Å²) in [5.74, 6) is -0.0129. The van der Waals surface area contributed by atoms with Gasteiger partial charge in [-0.3, -0.25) is 15.1 Å². The summed E-state index contributed by atoms with van der Waals surface area (Å²) in [7, 11) is 0. The van der Waals surface area contributed by atoms with Gasteiger partial charge in [0.05, 0.1) is 12.3 Å². The van der Waals surface area contributed by atoms with Crippen LogP contribution in [0.4, 0.5) is 5.69 Å². The Hall–Kier alpha value is -2.04. The first-order valence-electron chi connectivity index (χ1n) is 12.1. The number of halogens is 1. The number of anilines is 1. The Balaban J connectivity index is 1.56. The molecular weight excluding hydrogens is 420 g/mol. The SMILES string of the molecule is CCCCCCCCCCCCNC(=O)c1ccc(CONc2cccc(Cl)c2C)cc1. The van der Waals surface area contributed by atoms with E-state index in [1.165, 1.54) is 57.8 Å². The molecule has 2 aromatic rings. The zero-order chi connectivity index (χ0) is 23.0. The van der Waals surface area contributed by atoms with Crippen LogP contribution in [-0.4, -0.2) is 12.5 Å². The van der Waals surface area contributed by atoms with E-state index < -0.39 is 0 Å². The van der Waals surface area contributed by atoms with Crippen molar-refractivity contribution in [1.29, 1.82) is 0 Å². The van der Waals surface area contributed by atoms with Crippen LogP contribution in [0.3, 0.4) is 0 Å². The second-order valence-corrected chi connectivity index (χ2v) is 8.85. The van der Waals surface area contributed by atoms with Gasteiger partial charge < -0.3 is 5.32 Å². The summed E-state index contributed by atoms with van der Waals surface area (Å²) in [6.07, 6.45) is 13.0. The number of hydrogen-bond acceptors (Lipinski definition) is 3. The first-order chi connectivity index (χ1) is 15.6. The number of amides is 1. The fraction of sp³-hybridized carbons (Fsp3) is 0.519. The minimum Gasteiger partial charge on any atom is -0.352 e. The Labute approximate surface area is 199 Å². The van der Waals surface area contributed by atoms with Crippen molar-refractivity contribution in [2.75, 3.05) is 12.0 Å². The van der Waals surface area contributed by atoms with E-state index >= 15 is 0 Å². The molecule has 0 aliphatic heterocycles. The van der Waals surface area contributed by atoms with E-state index in [-0.39, 0.29) is 5.91 Å². The third-order valence-corrected chi connectivity index (χ3v) is 6.13. The number of carbonyl (C=O) groups is 1. The van der Waals surface area contributed by atoms with E-state index in [1.807, 2.05) is 49.4 Å². The van der Waals surface area contributed by atoms with Gasteiger partial charge in [-0.25, -0.2) is 0 Å². The van der Waals surface area contributed by atoms with Gasteiger partial charge in [0.15, 0.2) is 0 Å². The lowest BCUT2D eigenvalue weighted by Crippen LogP contribution is -2.24. The molecule has 0 unspecified atom stereocenters. The van der Waals surface area contributed by atoms with Gasteiger partial charge in [0.1, 0.15) is 0 Å². The molecule has 0 atom stereocenters. The van der Waals surface area contributed by atoms with Crippen molar-refractivity contribution in [2.24, 2.45) is 0 Å². The zero-order valence-electron chi connectivity index (χ0n) is 19.7.